The predicted molar refractivity (Wildman–Crippen MR) is 138 cm³/mol. The average Bonchev–Trinajstić information content (AvgIpc) is 2.85. The summed E-state index contributed by atoms with van der Waals surface area (Å²) < 4.78 is 95.4. The fraction of sp³-hybridized carbons (Fsp3) is 0.360. The van der Waals surface area contributed by atoms with Gasteiger partial charge in [-0.1, -0.05) is 11.6 Å². The molecule has 1 amide bonds. The van der Waals surface area contributed by atoms with Crippen molar-refractivity contribution in [3.63, 3.8) is 0 Å². The second-order valence-electron chi connectivity index (χ2n) is 9.18. The Morgan fingerprint density at radius 2 is 1.79 bits per heavy atom. The number of benzene rings is 2. The van der Waals surface area contributed by atoms with Gasteiger partial charge in [-0.15, -0.1) is 0 Å². The molecule has 1 aromatic heterocycles. The van der Waals surface area contributed by atoms with E-state index in [1.165, 1.54) is 25.1 Å². The molecular formula is C25H24ClF5N4O3S. The molecule has 14 heteroatoms. The number of carbonyl (C=O) groups is 1. The Balaban J connectivity index is 1.54. The number of carbonyl (C=O) groups excluding carboxylic acids is 1. The predicted octanol–water partition coefficient (Wildman–Crippen LogP) is 6.10. The lowest BCUT2D eigenvalue weighted by atomic mass is 9.90. The number of nitrogens with one attached hydrogen (secondary N) is 3. The maximum atomic E-state index is 14.9. The van der Waals surface area contributed by atoms with Gasteiger partial charge in [-0.05, 0) is 69.0 Å². The first kappa shape index (κ1) is 28.8. The van der Waals surface area contributed by atoms with Gasteiger partial charge in [0.1, 0.15) is 17.1 Å². The van der Waals surface area contributed by atoms with Gasteiger partial charge in [-0.2, -0.15) is 13.2 Å². The number of amides is 1. The standard InChI is InChI=1S/C25H24ClF5N4O3S/c1-2-39(37,38)35-19-9-7-17(27)22(23(19)28)24(36)33-15-5-3-4-14(11-15)32-20-12-21(25(29,30)31)34-18-8-6-13(26)10-16(18)20/h6-10,12,14-15,35H,2-5,11H2,1H3,(H,32,34)(H,33,36)/t14-,15+/m0/s1. The summed E-state index contributed by atoms with van der Waals surface area (Å²) in [6.45, 7) is 1.33. The van der Waals surface area contributed by atoms with E-state index >= 15 is 0 Å². The minimum absolute atomic E-state index is 0.0990. The number of pyridine rings is 1. The number of nitrogens with zero attached hydrogens (tertiary/aromatic N) is 1. The van der Waals surface area contributed by atoms with Crippen LogP contribution in [-0.2, 0) is 16.2 Å². The second kappa shape index (κ2) is 11.1. The summed E-state index contributed by atoms with van der Waals surface area (Å²) in [6.07, 6.45) is -2.83. The topological polar surface area (TPSA) is 100 Å². The van der Waals surface area contributed by atoms with Crippen LogP contribution in [0.3, 0.4) is 0 Å². The van der Waals surface area contributed by atoms with Crippen molar-refractivity contribution < 1.29 is 35.2 Å². The molecule has 1 fully saturated rings. The summed E-state index contributed by atoms with van der Waals surface area (Å²) in [6, 6.07) is 5.95. The third-order valence-corrected chi connectivity index (χ3v) is 7.92. The van der Waals surface area contributed by atoms with Crippen LogP contribution in [0.25, 0.3) is 10.9 Å². The number of aromatic nitrogens is 1. The summed E-state index contributed by atoms with van der Waals surface area (Å²) in [5.74, 6) is -3.95. The van der Waals surface area contributed by atoms with Gasteiger partial charge < -0.3 is 10.6 Å². The molecule has 0 spiro atoms. The first-order valence-electron chi connectivity index (χ1n) is 12.0. The van der Waals surface area contributed by atoms with E-state index in [-0.39, 0.29) is 29.4 Å². The molecule has 1 aliphatic carbocycles. The zero-order valence-corrected chi connectivity index (χ0v) is 22.1. The quantitative estimate of drug-likeness (QED) is 0.289. The Morgan fingerprint density at radius 3 is 2.49 bits per heavy atom. The highest BCUT2D eigenvalue weighted by atomic mass is 35.5. The maximum Gasteiger partial charge on any atom is 0.433 e. The fourth-order valence-corrected chi connectivity index (χ4v) is 5.28. The van der Waals surface area contributed by atoms with Gasteiger partial charge in [0.15, 0.2) is 5.82 Å². The van der Waals surface area contributed by atoms with Crippen LogP contribution in [0.1, 0.15) is 48.7 Å². The molecule has 0 unspecified atom stereocenters. The highest BCUT2D eigenvalue weighted by Gasteiger charge is 2.34. The lowest BCUT2D eigenvalue weighted by Gasteiger charge is -2.31. The van der Waals surface area contributed by atoms with Crippen molar-refractivity contribution in [3.05, 3.63) is 64.3 Å². The monoisotopic (exact) mass is 590 g/mol. The molecule has 1 heterocycles. The molecule has 1 aliphatic rings. The third-order valence-electron chi connectivity index (χ3n) is 6.39. The first-order valence-corrected chi connectivity index (χ1v) is 14.0. The van der Waals surface area contributed by atoms with Gasteiger partial charge in [0, 0.05) is 28.2 Å². The third kappa shape index (κ3) is 6.70. The van der Waals surface area contributed by atoms with Crippen LogP contribution in [0.5, 0.6) is 0 Å². The van der Waals surface area contributed by atoms with Crippen molar-refractivity contribution in [2.75, 3.05) is 15.8 Å². The van der Waals surface area contributed by atoms with Crippen LogP contribution in [0.4, 0.5) is 33.3 Å². The van der Waals surface area contributed by atoms with E-state index in [1.54, 1.807) is 0 Å². The highest BCUT2D eigenvalue weighted by Crippen LogP contribution is 2.35. The van der Waals surface area contributed by atoms with Gasteiger partial charge >= 0.3 is 6.18 Å². The Hall–Kier alpha value is -3.19. The fourth-order valence-electron chi connectivity index (χ4n) is 4.47. The number of alkyl halides is 3. The average molecular weight is 591 g/mol. The zero-order valence-electron chi connectivity index (χ0n) is 20.5. The van der Waals surface area contributed by atoms with Crippen molar-refractivity contribution in [1.29, 1.82) is 0 Å². The number of halogens is 6. The van der Waals surface area contributed by atoms with Gasteiger partial charge in [0.05, 0.1) is 17.0 Å². The van der Waals surface area contributed by atoms with Gasteiger partial charge in [0.25, 0.3) is 5.91 Å². The number of anilines is 2. The maximum absolute atomic E-state index is 14.9. The van der Waals surface area contributed by atoms with Crippen LogP contribution < -0.4 is 15.4 Å². The van der Waals surface area contributed by atoms with Crippen LogP contribution in [0, 0.1) is 11.6 Å². The van der Waals surface area contributed by atoms with E-state index in [4.69, 9.17) is 11.6 Å². The summed E-state index contributed by atoms with van der Waals surface area (Å²) in [5.41, 5.74) is -2.31. The Kier molecular flexibility index (Phi) is 8.22. The molecule has 0 radical (unpaired) electrons. The Labute approximate surface area is 226 Å². The molecule has 2 atom stereocenters. The molecule has 2 aromatic carbocycles. The molecule has 0 aliphatic heterocycles. The molecule has 4 rings (SSSR count). The van der Waals surface area contributed by atoms with E-state index in [0.717, 1.165) is 18.2 Å². The molecule has 39 heavy (non-hydrogen) atoms. The number of hydrogen-bond donors (Lipinski definition) is 3. The second-order valence-corrected chi connectivity index (χ2v) is 11.6. The Morgan fingerprint density at radius 1 is 1.08 bits per heavy atom. The minimum atomic E-state index is -4.68. The van der Waals surface area contributed by atoms with Gasteiger partial charge in [0.2, 0.25) is 10.0 Å². The smallest absolute Gasteiger partial charge is 0.382 e. The van der Waals surface area contributed by atoms with E-state index in [2.05, 4.69) is 15.6 Å². The van der Waals surface area contributed by atoms with Crippen molar-refractivity contribution >= 4 is 49.8 Å². The molecule has 3 N–H and O–H groups in total. The zero-order chi connectivity index (χ0) is 28.5. The molecule has 1 saturated carbocycles. The molecule has 3 aromatic rings. The summed E-state index contributed by atoms with van der Waals surface area (Å²) in [5, 5.41) is 6.36. The number of hydrogen-bond acceptors (Lipinski definition) is 5. The summed E-state index contributed by atoms with van der Waals surface area (Å²) in [7, 11) is -3.88. The summed E-state index contributed by atoms with van der Waals surface area (Å²) in [4.78, 5) is 16.5. The minimum Gasteiger partial charge on any atom is -0.382 e. The number of sulfonamides is 1. The highest BCUT2D eigenvalue weighted by molar-refractivity contribution is 7.92. The lowest BCUT2D eigenvalue weighted by Crippen LogP contribution is -2.42. The van der Waals surface area contributed by atoms with Gasteiger partial charge in [-0.3, -0.25) is 9.52 Å². The van der Waals surface area contributed by atoms with Crippen LogP contribution in [-0.4, -0.2) is 37.1 Å². The van der Waals surface area contributed by atoms with Crippen molar-refractivity contribution in [2.24, 2.45) is 0 Å². The molecule has 0 saturated heterocycles. The van der Waals surface area contributed by atoms with Crippen LogP contribution in [0.15, 0.2) is 36.4 Å². The molecule has 7 nitrogen and oxygen atoms in total. The normalized spacial score (nSPS) is 18.1. The van der Waals surface area contributed by atoms with E-state index in [1.807, 2.05) is 4.72 Å². The van der Waals surface area contributed by atoms with Crippen LogP contribution >= 0.6 is 11.6 Å². The van der Waals surface area contributed by atoms with Crippen LogP contribution in [0.2, 0.25) is 5.02 Å². The molecular weight excluding hydrogens is 567 g/mol. The van der Waals surface area contributed by atoms with Crippen molar-refractivity contribution in [1.82, 2.24) is 10.3 Å². The number of rotatable bonds is 7. The largest absolute Gasteiger partial charge is 0.433 e. The van der Waals surface area contributed by atoms with E-state index < -0.39 is 56.7 Å². The first-order chi connectivity index (χ1) is 18.3. The van der Waals surface area contributed by atoms with Crippen molar-refractivity contribution in [2.45, 2.75) is 50.9 Å². The number of fused-ring (bicyclic) bond motifs is 1. The van der Waals surface area contributed by atoms with E-state index in [9.17, 15) is 35.2 Å². The lowest BCUT2D eigenvalue weighted by molar-refractivity contribution is -0.140. The Bertz CT molecular complexity index is 1520. The van der Waals surface area contributed by atoms with Crippen molar-refractivity contribution in [3.8, 4) is 0 Å². The molecule has 210 valence electrons. The summed E-state index contributed by atoms with van der Waals surface area (Å²) >= 11 is 6.06. The SMILES string of the molecule is CCS(=O)(=O)Nc1ccc(F)c(C(=O)N[C@@H]2CCC[C@H](Nc3cc(C(F)(F)F)nc4ccc(Cl)cc34)C2)c1F. The van der Waals surface area contributed by atoms with E-state index in [0.29, 0.717) is 29.7 Å². The molecule has 0 bridgehead atoms. The van der Waals surface area contributed by atoms with Gasteiger partial charge in [-0.25, -0.2) is 22.2 Å².